The summed E-state index contributed by atoms with van der Waals surface area (Å²) in [4.78, 5) is 2.40. The predicted molar refractivity (Wildman–Crippen MR) is 99.7 cm³/mol. The van der Waals surface area contributed by atoms with Crippen LogP contribution in [0.25, 0.3) is 0 Å². The largest absolute Gasteiger partial charge is 0.493 e. The molecule has 1 aliphatic rings. The molecule has 128 valence electrons. The molecule has 2 atom stereocenters. The van der Waals surface area contributed by atoms with E-state index in [4.69, 9.17) is 15.2 Å². The highest BCUT2D eigenvalue weighted by Crippen LogP contribution is 2.38. The maximum absolute atomic E-state index is 6.40. The molecule has 24 heavy (non-hydrogen) atoms. The van der Waals surface area contributed by atoms with Crippen molar-refractivity contribution in [2.45, 2.75) is 18.5 Å². The van der Waals surface area contributed by atoms with Gasteiger partial charge in [0, 0.05) is 31.6 Å². The second kappa shape index (κ2) is 7.55. The summed E-state index contributed by atoms with van der Waals surface area (Å²) < 4.78 is 11.8. The second-order valence-corrected chi connectivity index (χ2v) is 6.94. The minimum Gasteiger partial charge on any atom is -0.493 e. The SMILES string of the molecule is COc1ccc(CN2C[C@@H](N)[C@H](c3ccccc3)C2)c(Br)c1OC. The van der Waals surface area contributed by atoms with E-state index in [-0.39, 0.29) is 6.04 Å². The molecule has 0 amide bonds. The van der Waals surface area contributed by atoms with E-state index in [1.54, 1.807) is 14.2 Å². The van der Waals surface area contributed by atoms with E-state index in [0.29, 0.717) is 5.92 Å². The molecule has 1 aliphatic heterocycles. The van der Waals surface area contributed by atoms with Crippen molar-refractivity contribution in [3.05, 3.63) is 58.1 Å². The fourth-order valence-corrected chi connectivity index (χ4v) is 4.00. The van der Waals surface area contributed by atoms with Crippen LogP contribution in [0.5, 0.6) is 11.5 Å². The van der Waals surface area contributed by atoms with Crippen LogP contribution in [0.2, 0.25) is 0 Å². The molecule has 5 heteroatoms. The highest BCUT2D eigenvalue weighted by atomic mass is 79.9. The fourth-order valence-electron chi connectivity index (χ4n) is 3.39. The number of halogens is 1. The molecule has 1 fully saturated rings. The molecule has 0 radical (unpaired) electrons. The lowest BCUT2D eigenvalue weighted by Crippen LogP contribution is -2.28. The Kier molecular flexibility index (Phi) is 5.43. The van der Waals surface area contributed by atoms with Gasteiger partial charge in [0.25, 0.3) is 0 Å². The third-order valence-electron chi connectivity index (χ3n) is 4.63. The van der Waals surface area contributed by atoms with Gasteiger partial charge < -0.3 is 15.2 Å². The van der Waals surface area contributed by atoms with Crippen molar-refractivity contribution in [2.75, 3.05) is 27.3 Å². The molecule has 0 saturated carbocycles. The molecule has 0 spiro atoms. The fraction of sp³-hybridized carbons (Fsp3) is 0.368. The van der Waals surface area contributed by atoms with Crippen molar-refractivity contribution in [3.63, 3.8) is 0 Å². The zero-order valence-electron chi connectivity index (χ0n) is 14.0. The van der Waals surface area contributed by atoms with Gasteiger partial charge in [-0.05, 0) is 33.1 Å². The van der Waals surface area contributed by atoms with E-state index in [0.717, 1.165) is 35.6 Å². The number of benzene rings is 2. The van der Waals surface area contributed by atoms with Gasteiger partial charge in [0.15, 0.2) is 11.5 Å². The van der Waals surface area contributed by atoms with Crippen LogP contribution in [0.1, 0.15) is 17.0 Å². The normalized spacial score (nSPS) is 21.0. The van der Waals surface area contributed by atoms with E-state index in [1.165, 1.54) is 11.1 Å². The molecular formula is C19H23BrN2O2. The number of likely N-dealkylation sites (tertiary alicyclic amines) is 1. The van der Waals surface area contributed by atoms with Gasteiger partial charge in [-0.15, -0.1) is 0 Å². The lowest BCUT2D eigenvalue weighted by molar-refractivity contribution is 0.319. The van der Waals surface area contributed by atoms with Gasteiger partial charge in [-0.1, -0.05) is 36.4 Å². The summed E-state index contributed by atoms with van der Waals surface area (Å²) in [6.45, 7) is 2.68. The third kappa shape index (κ3) is 3.43. The van der Waals surface area contributed by atoms with Gasteiger partial charge in [0.2, 0.25) is 0 Å². The first-order valence-electron chi connectivity index (χ1n) is 8.06. The summed E-state index contributed by atoms with van der Waals surface area (Å²) in [7, 11) is 3.30. The van der Waals surface area contributed by atoms with Gasteiger partial charge in [-0.25, -0.2) is 0 Å². The van der Waals surface area contributed by atoms with Gasteiger partial charge >= 0.3 is 0 Å². The zero-order chi connectivity index (χ0) is 17.1. The van der Waals surface area contributed by atoms with Crippen molar-refractivity contribution >= 4 is 15.9 Å². The lowest BCUT2D eigenvalue weighted by Gasteiger charge is -2.19. The molecule has 0 aliphatic carbocycles. The minimum absolute atomic E-state index is 0.159. The van der Waals surface area contributed by atoms with Crippen LogP contribution < -0.4 is 15.2 Å². The van der Waals surface area contributed by atoms with E-state index in [2.05, 4.69) is 51.2 Å². The van der Waals surface area contributed by atoms with E-state index >= 15 is 0 Å². The Bertz CT molecular complexity index is 693. The van der Waals surface area contributed by atoms with Gasteiger partial charge in [0.05, 0.1) is 18.7 Å². The zero-order valence-corrected chi connectivity index (χ0v) is 15.6. The maximum atomic E-state index is 6.40. The molecule has 2 aromatic carbocycles. The molecule has 2 N–H and O–H groups in total. The Morgan fingerprint density at radius 1 is 1.08 bits per heavy atom. The van der Waals surface area contributed by atoms with Crippen LogP contribution in [0.15, 0.2) is 46.9 Å². The van der Waals surface area contributed by atoms with Gasteiger partial charge in [-0.3, -0.25) is 4.90 Å². The summed E-state index contributed by atoms with van der Waals surface area (Å²) in [5.41, 5.74) is 8.89. The molecule has 2 aromatic rings. The number of hydrogen-bond acceptors (Lipinski definition) is 4. The average Bonchev–Trinajstić information content (AvgIpc) is 2.97. The third-order valence-corrected chi connectivity index (χ3v) is 5.50. The van der Waals surface area contributed by atoms with E-state index in [1.807, 2.05) is 12.1 Å². The number of hydrogen-bond donors (Lipinski definition) is 1. The van der Waals surface area contributed by atoms with Crippen molar-refractivity contribution in [2.24, 2.45) is 5.73 Å². The van der Waals surface area contributed by atoms with Crippen molar-refractivity contribution in [1.29, 1.82) is 0 Å². The Morgan fingerprint density at radius 3 is 2.50 bits per heavy atom. The van der Waals surface area contributed by atoms with Crippen molar-refractivity contribution in [3.8, 4) is 11.5 Å². The van der Waals surface area contributed by atoms with E-state index in [9.17, 15) is 0 Å². The average molecular weight is 391 g/mol. The molecule has 1 saturated heterocycles. The summed E-state index contributed by atoms with van der Waals surface area (Å²) >= 11 is 3.65. The summed E-state index contributed by atoms with van der Waals surface area (Å²) in [6.07, 6.45) is 0. The second-order valence-electron chi connectivity index (χ2n) is 6.15. The molecule has 4 nitrogen and oxygen atoms in total. The summed E-state index contributed by atoms with van der Waals surface area (Å²) in [6, 6.07) is 14.7. The van der Waals surface area contributed by atoms with Crippen LogP contribution in [-0.2, 0) is 6.54 Å². The number of ether oxygens (including phenoxy) is 2. The Morgan fingerprint density at radius 2 is 1.83 bits per heavy atom. The summed E-state index contributed by atoms with van der Waals surface area (Å²) in [5, 5.41) is 0. The number of methoxy groups -OCH3 is 2. The highest BCUT2D eigenvalue weighted by Gasteiger charge is 2.31. The minimum atomic E-state index is 0.159. The number of nitrogens with zero attached hydrogens (tertiary/aromatic N) is 1. The summed E-state index contributed by atoms with van der Waals surface area (Å²) in [5.74, 6) is 1.84. The Hall–Kier alpha value is -1.56. The first kappa shape index (κ1) is 17.3. The molecular weight excluding hydrogens is 368 g/mol. The topological polar surface area (TPSA) is 47.7 Å². The molecule has 0 bridgehead atoms. The smallest absolute Gasteiger partial charge is 0.175 e. The molecule has 0 aromatic heterocycles. The van der Waals surface area contributed by atoms with Crippen LogP contribution in [-0.4, -0.2) is 38.3 Å². The first-order valence-corrected chi connectivity index (χ1v) is 8.85. The van der Waals surface area contributed by atoms with Crippen LogP contribution >= 0.6 is 15.9 Å². The Balaban J connectivity index is 1.76. The van der Waals surface area contributed by atoms with Crippen LogP contribution in [0.3, 0.4) is 0 Å². The Labute approximate surface area is 151 Å². The quantitative estimate of drug-likeness (QED) is 0.849. The van der Waals surface area contributed by atoms with Gasteiger partial charge in [-0.2, -0.15) is 0 Å². The molecule has 3 rings (SSSR count). The first-order chi connectivity index (χ1) is 11.6. The standard InChI is InChI=1S/C19H23BrN2O2/c1-23-17-9-8-14(18(20)19(17)24-2)10-22-11-15(16(21)12-22)13-6-4-3-5-7-13/h3-9,15-16H,10-12,21H2,1-2H3/t15-,16+/m0/s1. The van der Waals surface area contributed by atoms with Crippen LogP contribution in [0.4, 0.5) is 0 Å². The molecule has 0 unspecified atom stereocenters. The van der Waals surface area contributed by atoms with Crippen molar-refractivity contribution < 1.29 is 9.47 Å². The number of rotatable bonds is 5. The highest BCUT2D eigenvalue weighted by molar-refractivity contribution is 9.10. The monoisotopic (exact) mass is 390 g/mol. The maximum Gasteiger partial charge on any atom is 0.175 e. The van der Waals surface area contributed by atoms with Crippen LogP contribution in [0, 0.1) is 0 Å². The lowest BCUT2D eigenvalue weighted by atomic mass is 9.95. The van der Waals surface area contributed by atoms with Gasteiger partial charge in [0.1, 0.15) is 0 Å². The number of nitrogens with two attached hydrogens (primary N) is 1. The predicted octanol–water partition coefficient (Wildman–Crippen LogP) is 3.39. The molecule has 1 heterocycles. The van der Waals surface area contributed by atoms with E-state index < -0.39 is 0 Å². The van der Waals surface area contributed by atoms with Crippen molar-refractivity contribution in [1.82, 2.24) is 4.90 Å².